The van der Waals surface area contributed by atoms with E-state index >= 15 is 0 Å². The third kappa shape index (κ3) is 4.82. The SMILES string of the molecule is NSOCC[C@@H](Cn1ccnc1C(=O)c1cccc2c1CCCC2)c1ccc(O)c(O)c1. The summed E-state index contributed by atoms with van der Waals surface area (Å²) in [6, 6.07) is 10.7. The second-order valence-electron chi connectivity index (χ2n) is 8.03. The smallest absolute Gasteiger partial charge is 0.228 e. The molecule has 0 unspecified atom stereocenters. The summed E-state index contributed by atoms with van der Waals surface area (Å²) in [6.45, 7) is 0.872. The quantitative estimate of drug-likeness (QED) is 0.147. The van der Waals surface area contributed by atoms with Crippen LogP contribution in [0, 0.1) is 0 Å². The molecule has 168 valence electrons. The van der Waals surface area contributed by atoms with Crippen molar-refractivity contribution in [1.82, 2.24) is 9.55 Å². The summed E-state index contributed by atoms with van der Waals surface area (Å²) in [4.78, 5) is 17.9. The normalized spacial score (nSPS) is 14.2. The van der Waals surface area contributed by atoms with E-state index in [4.69, 9.17) is 9.32 Å². The van der Waals surface area contributed by atoms with Crippen molar-refractivity contribution in [2.75, 3.05) is 6.61 Å². The molecule has 1 atom stereocenters. The number of benzene rings is 2. The molecule has 0 aliphatic heterocycles. The summed E-state index contributed by atoms with van der Waals surface area (Å²) in [7, 11) is 0. The molecule has 2 aromatic carbocycles. The zero-order valence-electron chi connectivity index (χ0n) is 17.7. The molecule has 4 N–H and O–H groups in total. The van der Waals surface area contributed by atoms with Gasteiger partial charge in [0.25, 0.3) is 0 Å². The maximum atomic E-state index is 13.5. The van der Waals surface area contributed by atoms with Gasteiger partial charge in [0.2, 0.25) is 5.78 Å². The van der Waals surface area contributed by atoms with Crippen LogP contribution in [0.5, 0.6) is 11.5 Å². The van der Waals surface area contributed by atoms with Crippen LogP contribution in [0.1, 0.15) is 58.1 Å². The number of fused-ring (bicyclic) bond motifs is 1. The van der Waals surface area contributed by atoms with Crippen LogP contribution < -0.4 is 5.14 Å². The van der Waals surface area contributed by atoms with E-state index in [2.05, 4.69) is 11.1 Å². The standard InChI is InChI=1S/C24H27N3O4S/c25-32-31-13-10-18(17-8-9-21(28)22(29)14-17)15-27-12-11-26-24(27)23(30)20-7-3-5-16-4-1-2-6-19(16)20/h3,5,7-9,11-12,14,18,28-29H,1-2,4,6,10,13,15,25H2/t18-/m0/s1. The highest BCUT2D eigenvalue weighted by atomic mass is 32.2. The van der Waals surface area contributed by atoms with Gasteiger partial charge in [0, 0.05) is 30.4 Å². The van der Waals surface area contributed by atoms with Crippen LogP contribution >= 0.6 is 12.2 Å². The zero-order chi connectivity index (χ0) is 22.5. The molecule has 7 nitrogen and oxygen atoms in total. The third-order valence-corrected chi connectivity index (χ3v) is 6.37. The molecule has 0 saturated heterocycles. The van der Waals surface area contributed by atoms with Gasteiger partial charge in [0.15, 0.2) is 17.3 Å². The van der Waals surface area contributed by atoms with E-state index in [0.29, 0.717) is 25.4 Å². The minimum Gasteiger partial charge on any atom is -0.504 e. The Bertz CT molecular complexity index is 1100. The van der Waals surface area contributed by atoms with Gasteiger partial charge in [-0.3, -0.25) is 9.93 Å². The summed E-state index contributed by atoms with van der Waals surface area (Å²) < 4.78 is 7.11. The molecule has 1 heterocycles. The second-order valence-corrected chi connectivity index (χ2v) is 8.46. The zero-order valence-corrected chi connectivity index (χ0v) is 18.6. The molecule has 0 spiro atoms. The summed E-state index contributed by atoms with van der Waals surface area (Å²) in [6.07, 6.45) is 8.23. The Morgan fingerprint density at radius 2 is 2.03 bits per heavy atom. The average molecular weight is 454 g/mol. The molecular formula is C24H27N3O4S. The molecule has 3 aromatic rings. The fraction of sp³-hybridized carbons (Fsp3) is 0.333. The first-order valence-corrected chi connectivity index (χ1v) is 11.6. The minimum atomic E-state index is -0.181. The summed E-state index contributed by atoms with van der Waals surface area (Å²) in [5.41, 5.74) is 3.97. The lowest BCUT2D eigenvalue weighted by Crippen LogP contribution is -2.18. The molecule has 0 fully saturated rings. The van der Waals surface area contributed by atoms with Crippen molar-refractivity contribution in [3.8, 4) is 11.5 Å². The number of aromatic hydroxyl groups is 2. The number of nitrogens with zero attached hydrogens (tertiary/aromatic N) is 2. The number of ketones is 1. The number of aryl methyl sites for hydroxylation is 1. The fourth-order valence-electron chi connectivity index (χ4n) is 4.41. The molecule has 4 rings (SSSR count). The number of hydrogen-bond donors (Lipinski definition) is 3. The molecule has 0 saturated carbocycles. The van der Waals surface area contributed by atoms with Gasteiger partial charge in [-0.1, -0.05) is 24.3 Å². The van der Waals surface area contributed by atoms with Crippen molar-refractivity contribution >= 4 is 18.0 Å². The van der Waals surface area contributed by atoms with Crippen LogP contribution in [-0.4, -0.2) is 32.2 Å². The molecule has 0 amide bonds. The van der Waals surface area contributed by atoms with E-state index in [1.165, 1.54) is 11.6 Å². The Kier molecular flexibility index (Phi) is 7.14. The van der Waals surface area contributed by atoms with Gasteiger partial charge < -0.3 is 19.0 Å². The van der Waals surface area contributed by atoms with Crippen molar-refractivity contribution in [2.45, 2.75) is 44.6 Å². The highest BCUT2D eigenvalue weighted by Gasteiger charge is 2.23. The van der Waals surface area contributed by atoms with E-state index in [1.54, 1.807) is 24.5 Å². The van der Waals surface area contributed by atoms with Gasteiger partial charge in [-0.15, -0.1) is 0 Å². The molecule has 0 radical (unpaired) electrons. The first-order valence-electron chi connectivity index (χ1n) is 10.7. The van der Waals surface area contributed by atoms with Gasteiger partial charge in [0.1, 0.15) is 0 Å². The highest BCUT2D eigenvalue weighted by Crippen LogP contribution is 2.32. The monoisotopic (exact) mass is 453 g/mol. The van der Waals surface area contributed by atoms with E-state index in [0.717, 1.165) is 54.6 Å². The van der Waals surface area contributed by atoms with Crippen molar-refractivity contribution < 1.29 is 19.2 Å². The second kappa shape index (κ2) is 10.2. The van der Waals surface area contributed by atoms with E-state index in [-0.39, 0.29) is 23.2 Å². The van der Waals surface area contributed by atoms with Crippen molar-refractivity contribution in [2.24, 2.45) is 5.14 Å². The summed E-state index contributed by atoms with van der Waals surface area (Å²) in [5, 5.41) is 25.0. The van der Waals surface area contributed by atoms with Crippen molar-refractivity contribution in [3.63, 3.8) is 0 Å². The first kappa shape index (κ1) is 22.4. The summed E-state index contributed by atoms with van der Waals surface area (Å²) in [5.74, 6) is -0.118. The number of aromatic nitrogens is 2. The lowest BCUT2D eigenvalue weighted by molar-refractivity contribution is 0.102. The Balaban J connectivity index is 1.62. The molecule has 1 aliphatic rings. The summed E-state index contributed by atoms with van der Waals surface area (Å²) >= 11 is 0.808. The molecule has 8 heteroatoms. The number of hydrogen-bond acceptors (Lipinski definition) is 7. The van der Waals surface area contributed by atoms with Crippen LogP contribution in [0.3, 0.4) is 0 Å². The van der Waals surface area contributed by atoms with Crippen LogP contribution in [-0.2, 0) is 23.6 Å². The van der Waals surface area contributed by atoms with E-state index in [9.17, 15) is 15.0 Å². The lowest BCUT2D eigenvalue weighted by Gasteiger charge is -2.21. The maximum absolute atomic E-state index is 13.5. The third-order valence-electron chi connectivity index (χ3n) is 6.06. The molecular weight excluding hydrogens is 426 g/mol. The van der Waals surface area contributed by atoms with Gasteiger partial charge in [0.05, 0.1) is 18.8 Å². The van der Waals surface area contributed by atoms with Gasteiger partial charge in [-0.2, -0.15) is 0 Å². The number of rotatable bonds is 9. The Labute approximate surface area is 191 Å². The number of carbonyl (C=O) groups is 1. The van der Waals surface area contributed by atoms with E-state index in [1.807, 2.05) is 16.7 Å². The molecule has 0 bridgehead atoms. The number of phenolic OH excluding ortho intramolecular Hbond substituents is 2. The highest BCUT2D eigenvalue weighted by molar-refractivity contribution is 7.92. The predicted molar refractivity (Wildman–Crippen MR) is 124 cm³/mol. The molecule has 1 aliphatic carbocycles. The maximum Gasteiger partial charge on any atom is 0.228 e. The van der Waals surface area contributed by atoms with Crippen LogP contribution in [0.15, 0.2) is 48.8 Å². The van der Waals surface area contributed by atoms with Crippen molar-refractivity contribution in [1.29, 1.82) is 0 Å². The number of imidazole rings is 1. The van der Waals surface area contributed by atoms with Crippen LogP contribution in [0.25, 0.3) is 0 Å². The molecule has 32 heavy (non-hydrogen) atoms. The lowest BCUT2D eigenvalue weighted by atomic mass is 9.87. The minimum absolute atomic E-state index is 0.0742. The largest absolute Gasteiger partial charge is 0.504 e. The van der Waals surface area contributed by atoms with Crippen LogP contribution in [0.4, 0.5) is 0 Å². The van der Waals surface area contributed by atoms with Gasteiger partial charge >= 0.3 is 0 Å². The molecule has 1 aromatic heterocycles. The Morgan fingerprint density at radius 1 is 1.19 bits per heavy atom. The fourth-order valence-corrected chi connectivity index (χ4v) is 4.61. The van der Waals surface area contributed by atoms with E-state index < -0.39 is 0 Å². The van der Waals surface area contributed by atoms with Crippen LogP contribution in [0.2, 0.25) is 0 Å². The Morgan fingerprint density at radius 3 is 2.84 bits per heavy atom. The number of nitrogens with two attached hydrogens (primary N) is 1. The Hall–Kier alpha value is -2.81. The number of carbonyl (C=O) groups excluding carboxylic acids is 1. The predicted octanol–water partition coefficient (Wildman–Crippen LogP) is 4.12. The van der Waals surface area contributed by atoms with Gasteiger partial charge in [-0.05, 0) is 60.9 Å². The van der Waals surface area contributed by atoms with Gasteiger partial charge in [-0.25, -0.2) is 4.98 Å². The van der Waals surface area contributed by atoms with Crippen molar-refractivity contribution in [3.05, 3.63) is 76.9 Å². The number of phenols is 2. The first-order chi connectivity index (χ1) is 15.6. The topological polar surface area (TPSA) is 111 Å². The average Bonchev–Trinajstić information content (AvgIpc) is 3.28.